The van der Waals surface area contributed by atoms with Gasteiger partial charge in [0.15, 0.2) is 0 Å². The highest BCUT2D eigenvalue weighted by Gasteiger charge is 2.45. The van der Waals surface area contributed by atoms with Gasteiger partial charge in [-0.1, -0.05) is 26.0 Å². The van der Waals surface area contributed by atoms with Crippen molar-refractivity contribution in [3.63, 3.8) is 0 Å². The second-order valence-corrected chi connectivity index (χ2v) is 5.60. The summed E-state index contributed by atoms with van der Waals surface area (Å²) in [6.07, 6.45) is 2.44. The van der Waals surface area contributed by atoms with Crippen LogP contribution in [0, 0.1) is 28.4 Å². The van der Waals surface area contributed by atoms with E-state index in [1.807, 2.05) is 6.07 Å². The average molecular weight is 248 g/mol. The highest BCUT2D eigenvalue weighted by molar-refractivity contribution is 5.65. The summed E-state index contributed by atoms with van der Waals surface area (Å²) in [7, 11) is 0. The molecule has 0 bridgehead atoms. The number of nitro groups is 1. The van der Waals surface area contributed by atoms with Gasteiger partial charge in [0.25, 0.3) is 5.69 Å². The lowest BCUT2D eigenvalue weighted by Crippen LogP contribution is -2.21. The Hall–Kier alpha value is -1.58. The van der Waals surface area contributed by atoms with Gasteiger partial charge < -0.3 is 5.32 Å². The number of hydrogen-bond donors (Lipinski definition) is 1. The van der Waals surface area contributed by atoms with Crippen molar-refractivity contribution in [2.45, 2.75) is 33.6 Å². The lowest BCUT2D eigenvalue weighted by Gasteiger charge is -2.20. The fraction of sp³-hybridized carbons (Fsp3) is 0.571. The van der Waals surface area contributed by atoms with Gasteiger partial charge in [-0.25, -0.2) is 0 Å². The summed E-state index contributed by atoms with van der Waals surface area (Å²) in [5.74, 6) is 0.619. The molecule has 1 aliphatic rings. The topological polar surface area (TPSA) is 55.2 Å². The van der Waals surface area contributed by atoms with E-state index in [0.29, 0.717) is 22.6 Å². The second kappa shape index (κ2) is 4.59. The van der Waals surface area contributed by atoms with Crippen molar-refractivity contribution < 1.29 is 4.92 Å². The number of nitrogens with one attached hydrogen (secondary N) is 1. The van der Waals surface area contributed by atoms with Gasteiger partial charge in [0, 0.05) is 12.1 Å². The summed E-state index contributed by atoms with van der Waals surface area (Å²) in [6, 6.07) is 5.43. The van der Waals surface area contributed by atoms with Crippen molar-refractivity contribution in [2.75, 3.05) is 11.9 Å². The zero-order chi connectivity index (χ0) is 13.3. The van der Waals surface area contributed by atoms with Crippen molar-refractivity contribution in [1.82, 2.24) is 0 Å². The van der Waals surface area contributed by atoms with Gasteiger partial charge >= 0.3 is 0 Å². The van der Waals surface area contributed by atoms with E-state index in [1.54, 1.807) is 19.1 Å². The largest absolute Gasteiger partial charge is 0.379 e. The predicted octanol–water partition coefficient (Wildman–Crippen LogP) is 3.75. The van der Waals surface area contributed by atoms with Crippen LogP contribution >= 0.6 is 0 Å². The van der Waals surface area contributed by atoms with Gasteiger partial charge in [0.2, 0.25) is 0 Å². The third-order valence-corrected chi connectivity index (χ3v) is 4.17. The van der Waals surface area contributed by atoms with Crippen molar-refractivity contribution in [2.24, 2.45) is 11.3 Å². The normalized spacial score (nSPS) is 16.7. The van der Waals surface area contributed by atoms with Crippen LogP contribution in [0.25, 0.3) is 0 Å². The lowest BCUT2D eigenvalue weighted by molar-refractivity contribution is -0.384. The van der Waals surface area contributed by atoms with Crippen LogP contribution in [0.2, 0.25) is 0 Å². The SMILES string of the molecule is Cc1cccc(NCC2(C(C)C)CC2)c1[N+](=O)[O-]. The van der Waals surface area contributed by atoms with Crippen LogP contribution in [0.3, 0.4) is 0 Å². The number of benzene rings is 1. The number of aryl methyl sites for hydroxylation is 1. The first-order chi connectivity index (χ1) is 8.46. The van der Waals surface area contributed by atoms with E-state index in [2.05, 4.69) is 19.2 Å². The molecular weight excluding hydrogens is 228 g/mol. The van der Waals surface area contributed by atoms with E-state index in [9.17, 15) is 10.1 Å². The molecule has 2 rings (SSSR count). The minimum absolute atomic E-state index is 0.206. The van der Waals surface area contributed by atoms with Crippen molar-refractivity contribution in [3.05, 3.63) is 33.9 Å². The van der Waals surface area contributed by atoms with E-state index >= 15 is 0 Å². The van der Waals surface area contributed by atoms with Gasteiger partial charge in [-0.05, 0) is 37.2 Å². The Bertz CT molecular complexity index is 465. The van der Waals surface area contributed by atoms with Crippen LogP contribution in [0.4, 0.5) is 11.4 Å². The molecule has 1 fully saturated rings. The molecule has 98 valence electrons. The van der Waals surface area contributed by atoms with E-state index < -0.39 is 0 Å². The molecule has 0 spiro atoms. The summed E-state index contributed by atoms with van der Waals surface area (Å²) in [5.41, 5.74) is 1.90. The Morgan fingerprint density at radius 1 is 1.44 bits per heavy atom. The standard InChI is InChI=1S/C14H20N2O2/c1-10(2)14(7-8-14)9-15-12-6-4-5-11(3)13(12)16(17)18/h4-6,10,15H,7-9H2,1-3H3. The summed E-state index contributed by atoms with van der Waals surface area (Å²) in [5, 5.41) is 14.4. The minimum Gasteiger partial charge on any atom is -0.379 e. The number of nitro benzene ring substituents is 1. The number of anilines is 1. The number of nitrogens with zero attached hydrogens (tertiary/aromatic N) is 1. The maximum absolute atomic E-state index is 11.1. The first-order valence-electron chi connectivity index (χ1n) is 6.44. The Morgan fingerprint density at radius 2 is 2.11 bits per heavy atom. The first-order valence-corrected chi connectivity index (χ1v) is 6.44. The van der Waals surface area contributed by atoms with Crippen LogP contribution in [-0.2, 0) is 0 Å². The van der Waals surface area contributed by atoms with E-state index in [0.717, 1.165) is 6.54 Å². The summed E-state index contributed by atoms with van der Waals surface area (Å²) in [6.45, 7) is 7.05. The first kappa shape index (κ1) is 12.9. The van der Waals surface area contributed by atoms with E-state index in [-0.39, 0.29) is 10.6 Å². The molecular formula is C14H20N2O2. The Kier molecular flexibility index (Phi) is 3.28. The van der Waals surface area contributed by atoms with E-state index in [4.69, 9.17) is 0 Å². The summed E-state index contributed by atoms with van der Waals surface area (Å²) >= 11 is 0. The van der Waals surface area contributed by atoms with Crippen molar-refractivity contribution in [3.8, 4) is 0 Å². The monoisotopic (exact) mass is 248 g/mol. The summed E-state index contributed by atoms with van der Waals surface area (Å²) in [4.78, 5) is 10.8. The Morgan fingerprint density at radius 3 is 2.61 bits per heavy atom. The van der Waals surface area contributed by atoms with Gasteiger partial charge in [0.1, 0.15) is 5.69 Å². The van der Waals surface area contributed by atoms with Gasteiger partial charge in [-0.3, -0.25) is 10.1 Å². The number of rotatable bonds is 5. The van der Waals surface area contributed by atoms with Gasteiger partial charge in [-0.15, -0.1) is 0 Å². The molecule has 0 heterocycles. The van der Waals surface area contributed by atoms with Crippen LogP contribution in [0.1, 0.15) is 32.3 Å². The van der Waals surface area contributed by atoms with Crippen LogP contribution in [0.5, 0.6) is 0 Å². The Balaban J connectivity index is 2.15. The maximum atomic E-state index is 11.1. The Labute approximate surface area is 108 Å². The van der Waals surface area contributed by atoms with Gasteiger partial charge in [0.05, 0.1) is 4.92 Å². The zero-order valence-electron chi connectivity index (χ0n) is 11.2. The minimum atomic E-state index is -0.299. The fourth-order valence-corrected chi connectivity index (χ4v) is 2.43. The number of para-hydroxylation sites is 1. The predicted molar refractivity (Wildman–Crippen MR) is 72.8 cm³/mol. The van der Waals surface area contributed by atoms with Crippen molar-refractivity contribution >= 4 is 11.4 Å². The second-order valence-electron chi connectivity index (χ2n) is 5.60. The third-order valence-electron chi connectivity index (χ3n) is 4.17. The molecule has 0 radical (unpaired) electrons. The molecule has 0 aliphatic heterocycles. The van der Waals surface area contributed by atoms with Gasteiger partial charge in [-0.2, -0.15) is 0 Å². The smallest absolute Gasteiger partial charge is 0.295 e. The molecule has 0 atom stereocenters. The number of hydrogen-bond acceptors (Lipinski definition) is 3. The molecule has 0 amide bonds. The lowest BCUT2D eigenvalue weighted by atomic mass is 9.92. The molecule has 1 aliphatic carbocycles. The zero-order valence-corrected chi connectivity index (χ0v) is 11.2. The molecule has 1 aromatic carbocycles. The molecule has 18 heavy (non-hydrogen) atoms. The highest BCUT2D eigenvalue weighted by Crippen LogP contribution is 2.52. The van der Waals surface area contributed by atoms with E-state index in [1.165, 1.54) is 12.8 Å². The van der Waals surface area contributed by atoms with Crippen LogP contribution < -0.4 is 5.32 Å². The molecule has 0 unspecified atom stereocenters. The molecule has 4 nitrogen and oxygen atoms in total. The highest BCUT2D eigenvalue weighted by atomic mass is 16.6. The molecule has 0 saturated heterocycles. The van der Waals surface area contributed by atoms with Crippen LogP contribution in [0.15, 0.2) is 18.2 Å². The molecule has 1 saturated carbocycles. The summed E-state index contributed by atoms with van der Waals surface area (Å²) < 4.78 is 0. The molecule has 4 heteroatoms. The average Bonchev–Trinajstić information content (AvgIpc) is 3.06. The third kappa shape index (κ3) is 2.33. The fourth-order valence-electron chi connectivity index (χ4n) is 2.43. The molecule has 1 N–H and O–H groups in total. The quantitative estimate of drug-likeness (QED) is 0.637. The molecule has 1 aromatic rings. The van der Waals surface area contributed by atoms with Crippen LogP contribution in [-0.4, -0.2) is 11.5 Å². The maximum Gasteiger partial charge on any atom is 0.295 e. The van der Waals surface area contributed by atoms with Crippen molar-refractivity contribution in [1.29, 1.82) is 0 Å². The molecule has 0 aromatic heterocycles.